The molecule has 5 nitrogen and oxygen atoms in total. The Bertz CT molecular complexity index is 940. The van der Waals surface area contributed by atoms with Crippen LogP contribution in [0.4, 0.5) is 10.7 Å². The molecule has 1 fully saturated rings. The van der Waals surface area contributed by atoms with Gasteiger partial charge in [0, 0.05) is 11.6 Å². The molecule has 2 amide bonds. The predicted octanol–water partition coefficient (Wildman–Crippen LogP) is 4.27. The van der Waals surface area contributed by atoms with Crippen LogP contribution in [-0.2, 0) is 4.79 Å². The first-order valence-electron chi connectivity index (χ1n) is 7.68. The minimum Gasteiger partial charge on any atom is -0.321 e. The lowest BCUT2D eigenvalue weighted by atomic mass is 10.3. The molecule has 2 N–H and O–H groups in total. The Morgan fingerprint density at radius 3 is 2.75 bits per heavy atom. The molecule has 0 spiro atoms. The van der Waals surface area contributed by atoms with Gasteiger partial charge in [-0.3, -0.25) is 9.59 Å². The second kappa shape index (κ2) is 5.99. The van der Waals surface area contributed by atoms with Crippen molar-refractivity contribution in [1.29, 1.82) is 0 Å². The van der Waals surface area contributed by atoms with Crippen LogP contribution in [0.3, 0.4) is 0 Å². The van der Waals surface area contributed by atoms with Gasteiger partial charge in [-0.15, -0.1) is 22.7 Å². The minimum atomic E-state index is -0.174. The van der Waals surface area contributed by atoms with Gasteiger partial charge in [0.25, 0.3) is 5.91 Å². The number of nitrogens with zero attached hydrogens (tertiary/aromatic N) is 1. The number of thiazole rings is 1. The van der Waals surface area contributed by atoms with E-state index in [9.17, 15) is 9.59 Å². The van der Waals surface area contributed by atoms with Gasteiger partial charge >= 0.3 is 0 Å². The minimum absolute atomic E-state index is 0.0508. The molecule has 4 rings (SSSR count). The molecule has 1 aromatic carbocycles. The number of hydrogen-bond acceptors (Lipinski definition) is 5. The first kappa shape index (κ1) is 15.3. The summed E-state index contributed by atoms with van der Waals surface area (Å²) in [6.45, 7) is 1.96. The van der Waals surface area contributed by atoms with Crippen molar-refractivity contribution in [2.24, 2.45) is 5.92 Å². The number of aryl methyl sites for hydroxylation is 1. The van der Waals surface area contributed by atoms with E-state index in [0.29, 0.717) is 9.88 Å². The maximum atomic E-state index is 12.4. The van der Waals surface area contributed by atoms with E-state index in [1.165, 1.54) is 11.3 Å². The number of hydrogen-bond donors (Lipinski definition) is 2. The molecule has 7 heteroatoms. The number of benzene rings is 1. The summed E-state index contributed by atoms with van der Waals surface area (Å²) in [5.41, 5.74) is 1.69. The molecule has 0 atom stereocenters. The zero-order chi connectivity index (χ0) is 16.7. The third kappa shape index (κ3) is 3.18. The fourth-order valence-electron chi connectivity index (χ4n) is 2.41. The van der Waals surface area contributed by atoms with E-state index in [2.05, 4.69) is 15.6 Å². The summed E-state index contributed by atoms with van der Waals surface area (Å²) in [7, 11) is 0. The molecule has 0 bridgehead atoms. The predicted molar refractivity (Wildman–Crippen MR) is 98.0 cm³/mol. The molecule has 2 heterocycles. The Morgan fingerprint density at radius 1 is 1.12 bits per heavy atom. The van der Waals surface area contributed by atoms with Crippen molar-refractivity contribution in [3.63, 3.8) is 0 Å². The van der Waals surface area contributed by atoms with Gasteiger partial charge in [-0.05, 0) is 50.1 Å². The summed E-state index contributed by atoms with van der Waals surface area (Å²) in [6.07, 6.45) is 1.92. The second-order valence-corrected chi connectivity index (χ2v) is 8.12. The number of fused-ring (bicyclic) bond motifs is 1. The van der Waals surface area contributed by atoms with Gasteiger partial charge in [0.2, 0.25) is 5.91 Å². The van der Waals surface area contributed by atoms with Crippen LogP contribution in [0.1, 0.15) is 27.5 Å². The van der Waals surface area contributed by atoms with Crippen molar-refractivity contribution < 1.29 is 9.59 Å². The number of nitrogens with one attached hydrogen (secondary N) is 2. The quantitative estimate of drug-likeness (QED) is 0.732. The Hall–Kier alpha value is -2.25. The summed E-state index contributed by atoms with van der Waals surface area (Å²) in [4.78, 5) is 29.1. The van der Waals surface area contributed by atoms with E-state index >= 15 is 0 Å². The SMILES string of the molecule is Cc1nc2ccc(NC(=O)c3ccc(NC(=O)C4CC4)s3)cc2s1. The zero-order valence-corrected chi connectivity index (χ0v) is 14.6. The van der Waals surface area contributed by atoms with Crippen molar-refractivity contribution in [2.75, 3.05) is 10.6 Å². The van der Waals surface area contributed by atoms with Gasteiger partial charge in [-0.25, -0.2) is 4.98 Å². The van der Waals surface area contributed by atoms with E-state index < -0.39 is 0 Å². The lowest BCUT2D eigenvalue weighted by molar-refractivity contribution is -0.117. The fraction of sp³-hybridized carbons (Fsp3) is 0.235. The van der Waals surface area contributed by atoms with Crippen LogP contribution in [0.2, 0.25) is 0 Å². The summed E-state index contributed by atoms with van der Waals surface area (Å²) in [5.74, 6) is 0.0290. The number of carbonyl (C=O) groups excluding carboxylic acids is 2. The van der Waals surface area contributed by atoms with Crippen molar-refractivity contribution in [2.45, 2.75) is 19.8 Å². The molecular weight excluding hydrogens is 342 g/mol. The third-order valence-electron chi connectivity index (χ3n) is 3.78. The molecule has 0 saturated heterocycles. The van der Waals surface area contributed by atoms with Gasteiger partial charge in [0.1, 0.15) is 0 Å². The largest absolute Gasteiger partial charge is 0.321 e. The number of amides is 2. The van der Waals surface area contributed by atoms with Crippen LogP contribution >= 0.6 is 22.7 Å². The first-order valence-corrected chi connectivity index (χ1v) is 9.31. The summed E-state index contributed by atoms with van der Waals surface area (Å²) in [5, 5.41) is 7.48. The van der Waals surface area contributed by atoms with Gasteiger partial charge in [0.15, 0.2) is 0 Å². The van der Waals surface area contributed by atoms with E-state index in [0.717, 1.165) is 33.8 Å². The summed E-state index contributed by atoms with van der Waals surface area (Å²) >= 11 is 2.89. The van der Waals surface area contributed by atoms with Crippen LogP contribution in [0.5, 0.6) is 0 Å². The Balaban J connectivity index is 1.46. The lowest BCUT2D eigenvalue weighted by Gasteiger charge is -2.03. The van der Waals surface area contributed by atoms with Crippen LogP contribution in [0, 0.1) is 12.8 Å². The average molecular weight is 357 g/mol. The fourth-order valence-corrected chi connectivity index (χ4v) is 4.08. The van der Waals surface area contributed by atoms with Gasteiger partial charge in [-0.2, -0.15) is 0 Å². The lowest BCUT2D eigenvalue weighted by Crippen LogP contribution is -2.12. The smallest absolute Gasteiger partial charge is 0.265 e. The molecule has 1 aliphatic carbocycles. The van der Waals surface area contributed by atoms with Crippen molar-refractivity contribution in [3.05, 3.63) is 40.2 Å². The highest BCUT2D eigenvalue weighted by Crippen LogP contribution is 2.32. The maximum absolute atomic E-state index is 12.4. The normalized spacial score (nSPS) is 13.9. The summed E-state index contributed by atoms with van der Waals surface area (Å²) < 4.78 is 1.05. The number of carbonyl (C=O) groups is 2. The second-order valence-electron chi connectivity index (χ2n) is 5.80. The van der Waals surface area contributed by atoms with Crippen molar-refractivity contribution in [1.82, 2.24) is 4.98 Å². The van der Waals surface area contributed by atoms with E-state index in [1.54, 1.807) is 23.5 Å². The zero-order valence-electron chi connectivity index (χ0n) is 13.0. The molecule has 3 aromatic rings. The average Bonchev–Trinajstić information content (AvgIpc) is 3.19. The molecular formula is C17H15N3O2S2. The van der Waals surface area contributed by atoms with Gasteiger partial charge < -0.3 is 10.6 Å². The van der Waals surface area contributed by atoms with E-state index in [-0.39, 0.29) is 17.7 Å². The Morgan fingerprint density at radius 2 is 1.96 bits per heavy atom. The molecule has 0 aliphatic heterocycles. The molecule has 24 heavy (non-hydrogen) atoms. The maximum Gasteiger partial charge on any atom is 0.265 e. The van der Waals surface area contributed by atoms with Crippen LogP contribution < -0.4 is 10.6 Å². The number of anilines is 2. The number of rotatable bonds is 4. The summed E-state index contributed by atoms with van der Waals surface area (Å²) in [6, 6.07) is 9.20. The molecule has 0 unspecified atom stereocenters. The highest BCUT2D eigenvalue weighted by molar-refractivity contribution is 7.18. The molecule has 1 saturated carbocycles. The van der Waals surface area contributed by atoms with E-state index in [4.69, 9.17) is 0 Å². The van der Waals surface area contributed by atoms with E-state index in [1.807, 2.05) is 25.1 Å². The first-order chi connectivity index (χ1) is 11.6. The number of aromatic nitrogens is 1. The monoisotopic (exact) mass is 357 g/mol. The highest BCUT2D eigenvalue weighted by atomic mass is 32.1. The van der Waals surface area contributed by atoms with Crippen LogP contribution in [0.15, 0.2) is 30.3 Å². The number of thiophene rings is 1. The highest BCUT2D eigenvalue weighted by Gasteiger charge is 2.29. The van der Waals surface area contributed by atoms with Crippen LogP contribution in [-0.4, -0.2) is 16.8 Å². The third-order valence-corrected chi connectivity index (χ3v) is 5.71. The van der Waals surface area contributed by atoms with Crippen molar-refractivity contribution in [3.8, 4) is 0 Å². The van der Waals surface area contributed by atoms with Gasteiger partial charge in [-0.1, -0.05) is 0 Å². The van der Waals surface area contributed by atoms with Crippen LogP contribution in [0.25, 0.3) is 10.2 Å². The Labute approximate surface area is 146 Å². The standard InChI is InChI=1S/C17H15N3O2S2/c1-9-18-12-5-4-11(8-14(12)23-9)19-17(22)13-6-7-15(24-13)20-16(21)10-2-3-10/h4-8,10H,2-3H2,1H3,(H,19,22)(H,20,21). The Kier molecular flexibility index (Phi) is 3.82. The topological polar surface area (TPSA) is 71.1 Å². The molecule has 0 radical (unpaired) electrons. The molecule has 1 aliphatic rings. The van der Waals surface area contributed by atoms with Gasteiger partial charge in [0.05, 0.1) is 25.1 Å². The van der Waals surface area contributed by atoms with Crippen molar-refractivity contribution >= 4 is 55.4 Å². The molecule has 2 aromatic heterocycles. The molecule has 122 valence electrons.